The molecule has 0 rings (SSSR count). The summed E-state index contributed by atoms with van der Waals surface area (Å²) in [6.07, 6.45) is 0. The second-order valence-corrected chi connectivity index (χ2v) is 23.9. The van der Waals surface area contributed by atoms with Gasteiger partial charge in [0.15, 0.2) is 0 Å². The molecular formula is CH3Br3Ti. The predicted octanol–water partition coefficient (Wildman–Crippen LogP) is 2.98. The van der Waals surface area contributed by atoms with Crippen molar-refractivity contribution >= 4 is 39.5 Å². The quantitative estimate of drug-likeness (QED) is 0.604. The van der Waals surface area contributed by atoms with Crippen LogP contribution in [0.1, 0.15) is 0 Å². The zero-order valence-corrected chi connectivity index (χ0v) is 8.95. The van der Waals surface area contributed by atoms with E-state index in [2.05, 4.69) is 39.5 Å². The van der Waals surface area contributed by atoms with E-state index < -0.39 is 11.6 Å². The van der Waals surface area contributed by atoms with E-state index in [1.54, 1.807) is 0 Å². The smallest absolute Gasteiger partial charge is 0.0683 e. The van der Waals surface area contributed by atoms with Crippen LogP contribution in [0.5, 0.6) is 0 Å². The SMILES string of the molecule is [Br][Ti]([Br])[Br].[CH3]. The van der Waals surface area contributed by atoms with Crippen molar-refractivity contribution in [2.75, 3.05) is 0 Å². The van der Waals surface area contributed by atoms with Crippen molar-refractivity contribution in [2.24, 2.45) is 0 Å². The zero-order chi connectivity index (χ0) is 3.58. The molecule has 0 heterocycles. The molecule has 0 bridgehead atoms. The van der Waals surface area contributed by atoms with Crippen LogP contribution in [0.25, 0.3) is 0 Å². The van der Waals surface area contributed by atoms with E-state index in [1.165, 1.54) is 0 Å². The standard InChI is InChI=1S/CH3.3BrH.Ti/h1H3;3*1H;/q;;;;+3/p-3. The molecule has 0 saturated heterocycles. The number of hydrogen-bond acceptors (Lipinski definition) is 0. The molecular weight excluding hydrogens is 300 g/mol. The molecule has 1 radical (unpaired) electrons. The minimum Gasteiger partial charge on any atom is -0.0683 e. The van der Waals surface area contributed by atoms with E-state index in [0.717, 1.165) is 0 Å². The van der Waals surface area contributed by atoms with Crippen molar-refractivity contribution in [3.8, 4) is 0 Å². The Kier molecular flexibility index (Phi) is 12.6. The summed E-state index contributed by atoms with van der Waals surface area (Å²) in [5, 5.41) is 0. The molecule has 0 aromatic carbocycles. The topological polar surface area (TPSA) is 0 Å². The van der Waals surface area contributed by atoms with Gasteiger partial charge in [0.05, 0.1) is 0 Å². The predicted molar refractivity (Wildman–Crippen MR) is 33.2 cm³/mol. The van der Waals surface area contributed by atoms with Crippen LogP contribution in [0.15, 0.2) is 0 Å². The van der Waals surface area contributed by atoms with Gasteiger partial charge >= 0.3 is 51.1 Å². The van der Waals surface area contributed by atoms with Gasteiger partial charge < -0.3 is 0 Å². The molecule has 0 aromatic heterocycles. The van der Waals surface area contributed by atoms with E-state index in [4.69, 9.17) is 0 Å². The van der Waals surface area contributed by atoms with Crippen LogP contribution in [0.4, 0.5) is 0 Å². The van der Waals surface area contributed by atoms with Gasteiger partial charge in [-0.1, -0.05) is 7.43 Å². The van der Waals surface area contributed by atoms with Crippen LogP contribution in [-0.2, 0) is 11.6 Å². The van der Waals surface area contributed by atoms with E-state index in [1.807, 2.05) is 0 Å². The normalized spacial score (nSPS) is 5.40. The summed E-state index contributed by atoms with van der Waals surface area (Å²) in [6.45, 7) is 0. The molecule has 0 aromatic rings. The van der Waals surface area contributed by atoms with Crippen LogP contribution in [0.2, 0.25) is 0 Å². The van der Waals surface area contributed by atoms with Crippen molar-refractivity contribution in [3.05, 3.63) is 7.43 Å². The molecule has 0 amide bonds. The van der Waals surface area contributed by atoms with Crippen LogP contribution in [0.3, 0.4) is 0 Å². The van der Waals surface area contributed by atoms with Crippen LogP contribution < -0.4 is 0 Å². The van der Waals surface area contributed by atoms with E-state index in [9.17, 15) is 0 Å². The Hall–Kier alpha value is 2.15. The molecule has 5 heavy (non-hydrogen) atoms. The molecule has 0 spiro atoms. The summed E-state index contributed by atoms with van der Waals surface area (Å²) in [7, 11) is 0. The molecule has 4 heteroatoms. The zero-order valence-electron chi connectivity index (χ0n) is 2.63. The van der Waals surface area contributed by atoms with Crippen LogP contribution in [-0.4, -0.2) is 0 Å². The molecule has 0 fully saturated rings. The third-order valence-electron chi connectivity index (χ3n) is 0. The molecule has 32 valence electrons. The van der Waals surface area contributed by atoms with Gasteiger partial charge in [-0.2, -0.15) is 0 Å². The van der Waals surface area contributed by atoms with Gasteiger partial charge in [0.1, 0.15) is 0 Å². The van der Waals surface area contributed by atoms with Crippen molar-refractivity contribution in [1.82, 2.24) is 0 Å². The molecule has 0 atom stereocenters. The average molecular weight is 303 g/mol. The Morgan fingerprint density at radius 1 is 1.00 bits per heavy atom. The second kappa shape index (κ2) is 6.15. The minimum absolute atomic E-state index is 0. The Balaban J connectivity index is 0. The van der Waals surface area contributed by atoms with Crippen LogP contribution >= 0.6 is 39.5 Å². The fourth-order valence-corrected chi connectivity index (χ4v) is 0. The largest absolute Gasteiger partial charge is 0.0683 e. The summed E-state index contributed by atoms with van der Waals surface area (Å²) in [5.74, 6) is 0. The Morgan fingerprint density at radius 3 is 1.00 bits per heavy atom. The first kappa shape index (κ1) is 10.2. The van der Waals surface area contributed by atoms with Gasteiger partial charge in [0, 0.05) is 0 Å². The summed E-state index contributed by atoms with van der Waals surface area (Å²) in [6, 6.07) is 0. The first-order valence-corrected chi connectivity index (χ1v) is 12.1. The van der Waals surface area contributed by atoms with Crippen LogP contribution in [0, 0.1) is 7.43 Å². The molecule has 0 aliphatic carbocycles. The maximum atomic E-state index is 3.27. The van der Waals surface area contributed by atoms with Gasteiger partial charge in [-0.15, -0.1) is 0 Å². The number of rotatable bonds is 0. The van der Waals surface area contributed by atoms with Gasteiger partial charge in [0.2, 0.25) is 0 Å². The molecule has 0 unspecified atom stereocenters. The average Bonchev–Trinajstić information content (AvgIpc) is 0.811. The monoisotopic (exact) mass is 300 g/mol. The van der Waals surface area contributed by atoms with Crippen molar-refractivity contribution in [3.63, 3.8) is 0 Å². The molecule has 0 saturated carbocycles. The Morgan fingerprint density at radius 2 is 1.00 bits per heavy atom. The van der Waals surface area contributed by atoms with Gasteiger partial charge in [-0.05, 0) is 0 Å². The fourth-order valence-electron chi connectivity index (χ4n) is 0. The summed E-state index contributed by atoms with van der Waals surface area (Å²) >= 11 is 8.92. The Bertz CT molecular complexity index is 11.6. The van der Waals surface area contributed by atoms with Crippen molar-refractivity contribution in [1.29, 1.82) is 0 Å². The van der Waals surface area contributed by atoms with Gasteiger partial charge in [0.25, 0.3) is 0 Å². The van der Waals surface area contributed by atoms with Gasteiger partial charge in [-0.25, -0.2) is 0 Å². The summed E-state index contributed by atoms with van der Waals surface area (Å²) < 4.78 is 0. The van der Waals surface area contributed by atoms with Crippen molar-refractivity contribution < 1.29 is 11.6 Å². The summed E-state index contributed by atoms with van der Waals surface area (Å²) in [4.78, 5) is 0. The fraction of sp³-hybridized carbons (Fsp3) is 0. The molecule has 0 aliphatic rings. The van der Waals surface area contributed by atoms with E-state index in [0.29, 0.717) is 0 Å². The van der Waals surface area contributed by atoms with Gasteiger partial charge in [-0.3, -0.25) is 0 Å². The van der Waals surface area contributed by atoms with E-state index in [-0.39, 0.29) is 7.43 Å². The maximum absolute atomic E-state index is 3.27. The molecule has 0 aliphatic heterocycles. The third kappa shape index (κ3) is 22.9. The number of hydrogen-bond donors (Lipinski definition) is 0. The molecule has 0 N–H and O–H groups in total. The second-order valence-electron chi connectivity index (χ2n) is 0.214. The van der Waals surface area contributed by atoms with Crippen molar-refractivity contribution in [2.45, 2.75) is 0 Å². The first-order chi connectivity index (χ1) is 1.73. The number of halogens is 3. The molecule has 0 nitrogen and oxygen atoms in total. The first-order valence-electron chi connectivity index (χ1n) is 0.567. The van der Waals surface area contributed by atoms with E-state index >= 15 is 0 Å². The maximum Gasteiger partial charge on any atom is -0.0683 e. The minimum atomic E-state index is -0.896. The third-order valence-corrected chi connectivity index (χ3v) is 0. The Labute approximate surface area is 57.7 Å². The summed E-state index contributed by atoms with van der Waals surface area (Å²) in [5.41, 5.74) is 0.